The lowest BCUT2D eigenvalue weighted by molar-refractivity contribution is 0.179. The maximum absolute atomic E-state index is 10.4. The Kier molecular flexibility index (Phi) is 3.40. The van der Waals surface area contributed by atoms with Gasteiger partial charge < -0.3 is 10.8 Å². The van der Waals surface area contributed by atoms with E-state index in [1.54, 1.807) is 0 Å². The summed E-state index contributed by atoms with van der Waals surface area (Å²) in [5, 5.41) is 12.8. The van der Waals surface area contributed by atoms with Crippen LogP contribution in [0.15, 0.2) is 66.7 Å². The smallest absolute Gasteiger partial charge is 0.0850 e. The van der Waals surface area contributed by atoms with Gasteiger partial charge in [0.05, 0.1) is 6.10 Å². The van der Waals surface area contributed by atoms with Crippen LogP contribution in [0.2, 0.25) is 0 Å². The van der Waals surface area contributed by atoms with E-state index in [0.29, 0.717) is 12.1 Å². The van der Waals surface area contributed by atoms with Crippen LogP contribution < -0.4 is 5.73 Å². The molecule has 0 heterocycles. The van der Waals surface area contributed by atoms with Crippen molar-refractivity contribution < 1.29 is 5.11 Å². The van der Waals surface area contributed by atoms with Gasteiger partial charge in [-0.3, -0.25) is 0 Å². The summed E-state index contributed by atoms with van der Waals surface area (Å²) in [6.07, 6.45) is -0.0164. The number of aliphatic hydroxyl groups is 1. The summed E-state index contributed by atoms with van der Waals surface area (Å²) in [5.74, 6) is 0. The number of para-hydroxylation sites is 1. The molecule has 3 aromatic rings. The zero-order valence-electron chi connectivity index (χ0n) is 11.2. The van der Waals surface area contributed by atoms with Gasteiger partial charge in [-0.1, -0.05) is 60.7 Å². The molecule has 0 bridgehead atoms. The van der Waals surface area contributed by atoms with Crippen molar-refractivity contribution in [3.63, 3.8) is 0 Å². The minimum Gasteiger partial charge on any atom is -0.398 e. The second-order valence-electron chi connectivity index (χ2n) is 4.99. The zero-order valence-corrected chi connectivity index (χ0v) is 11.2. The Morgan fingerprint density at radius 1 is 0.850 bits per heavy atom. The van der Waals surface area contributed by atoms with E-state index >= 15 is 0 Å². The first kappa shape index (κ1) is 12.7. The number of benzene rings is 3. The number of nitrogens with two attached hydrogens (primary N) is 1. The molecule has 100 valence electrons. The highest BCUT2D eigenvalue weighted by Gasteiger charge is 2.12. The Morgan fingerprint density at radius 3 is 2.40 bits per heavy atom. The quantitative estimate of drug-likeness (QED) is 0.708. The summed E-state index contributed by atoms with van der Waals surface area (Å²) < 4.78 is 0. The lowest BCUT2D eigenvalue weighted by atomic mass is 9.96. The molecule has 0 amide bonds. The molecular formula is C18H17NO. The summed E-state index contributed by atoms with van der Waals surface area (Å²) >= 11 is 0. The Bertz CT molecular complexity index is 731. The lowest BCUT2D eigenvalue weighted by Crippen LogP contribution is -2.05. The molecular weight excluding hydrogens is 246 g/mol. The van der Waals surface area contributed by atoms with Crippen LogP contribution in [-0.4, -0.2) is 5.11 Å². The molecule has 1 atom stereocenters. The number of fused-ring (bicyclic) bond motifs is 1. The second-order valence-corrected chi connectivity index (χ2v) is 4.99. The van der Waals surface area contributed by atoms with Crippen LogP contribution in [0.5, 0.6) is 0 Å². The lowest BCUT2D eigenvalue weighted by Gasteiger charge is -2.14. The molecule has 2 heteroatoms. The fourth-order valence-electron chi connectivity index (χ4n) is 2.60. The van der Waals surface area contributed by atoms with Crippen molar-refractivity contribution in [3.05, 3.63) is 77.9 Å². The molecule has 0 radical (unpaired) electrons. The van der Waals surface area contributed by atoms with Gasteiger partial charge in [-0.15, -0.1) is 0 Å². The molecule has 0 aliphatic carbocycles. The third-order valence-electron chi connectivity index (χ3n) is 3.65. The molecule has 0 spiro atoms. The Hall–Kier alpha value is -2.32. The largest absolute Gasteiger partial charge is 0.398 e. The molecule has 0 saturated heterocycles. The van der Waals surface area contributed by atoms with Crippen molar-refractivity contribution in [2.24, 2.45) is 0 Å². The van der Waals surface area contributed by atoms with Crippen LogP contribution in [0.3, 0.4) is 0 Å². The van der Waals surface area contributed by atoms with Crippen molar-refractivity contribution in [3.8, 4) is 0 Å². The Labute approximate surface area is 118 Å². The fourth-order valence-corrected chi connectivity index (χ4v) is 2.60. The van der Waals surface area contributed by atoms with Gasteiger partial charge in [0, 0.05) is 17.7 Å². The van der Waals surface area contributed by atoms with Gasteiger partial charge in [0.2, 0.25) is 0 Å². The average Bonchev–Trinajstić information content (AvgIpc) is 2.48. The summed E-state index contributed by atoms with van der Waals surface area (Å²) in [7, 11) is 0. The summed E-state index contributed by atoms with van der Waals surface area (Å²) in [6, 6.07) is 21.9. The maximum Gasteiger partial charge on any atom is 0.0850 e. The summed E-state index contributed by atoms with van der Waals surface area (Å²) in [6.45, 7) is 0. The van der Waals surface area contributed by atoms with E-state index in [1.807, 2.05) is 42.5 Å². The molecule has 3 N–H and O–H groups in total. The molecule has 0 aliphatic rings. The Morgan fingerprint density at radius 2 is 1.55 bits per heavy atom. The monoisotopic (exact) mass is 263 g/mol. The predicted molar refractivity (Wildman–Crippen MR) is 83.5 cm³/mol. The highest BCUT2D eigenvalue weighted by atomic mass is 16.3. The van der Waals surface area contributed by atoms with Gasteiger partial charge in [-0.25, -0.2) is 0 Å². The molecule has 3 aromatic carbocycles. The minimum absolute atomic E-state index is 0.565. The van der Waals surface area contributed by atoms with Crippen LogP contribution in [0, 0.1) is 0 Å². The molecule has 0 fully saturated rings. The number of rotatable bonds is 3. The molecule has 0 aromatic heterocycles. The van der Waals surface area contributed by atoms with Gasteiger partial charge in [-0.05, 0) is 22.4 Å². The molecule has 3 rings (SSSR count). The van der Waals surface area contributed by atoms with Crippen molar-refractivity contribution in [1.29, 1.82) is 0 Å². The van der Waals surface area contributed by atoms with Gasteiger partial charge in [0.15, 0.2) is 0 Å². The van der Waals surface area contributed by atoms with Crippen LogP contribution in [0.1, 0.15) is 17.2 Å². The van der Waals surface area contributed by atoms with E-state index in [0.717, 1.165) is 11.1 Å². The van der Waals surface area contributed by atoms with Crippen LogP contribution >= 0.6 is 0 Å². The van der Waals surface area contributed by atoms with E-state index in [-0.39, 0.29) is 0 Å². The third kappa shape index (κ3) is 2.38. The van der Waals surface area contributed by atoms with Crippen molar-refractivity contribution in [2.75, 3.05) is 5.73 Å². The molecule has 1 unspecified atom stereocenters. The number of aliphatic hydroxyl groups excluding tert-OH is 1. The van der Waals surface area contributed by atoms with E-state index < -0.39 is 6.10 Å². The summed E-state index contributed by atoms with van der Waals surface area (Å²) in [5.41, 5.74) is 8.50. The van der Waals surface area contributed by atoms with Gasteiger partial charge in [0.1, 0.15) is 0 Å². The van der Waals surface area contributed by atoms with E-state index in [4.69, 9.17) is 5.73 Å². The van der Waals surface area contributed by atoms with Crippen LogP contribution in [-0.2, 0) is 6.42 Å². The molecule has 0 aliphatic heterocycles. The topological polar surface area (TPSA) is 46.2 Å². The molecule has 20 heavy (non-hydrogen) atoms. The minimum atomic E-state index is -0.581. The van der Waals surface area contributed by atoms with E-state index in [2.05, 4.69) is 24.3 Å². The van der Waals surface area contributed by atoms with Crippen molar-refractivity contribution >= 4 is 16.5 Å². The number of hydrogen-bond acceptors (Lipinski definition) is 2. The van der Waals surface area contributed by atoms with Crippen molar-refractivity contribution in [2.45, 2.75) is 12.5 Å². The fraction of sp³-hybridized carbons (Fsp3) is 0.111. The first-order chi connectivity index (χ1) is 9.75. The Balaban J connectivity index is 1.96. The van der Waals surface area contributed by atoms with Gasteiger partial charge in [-0.2, -0.15) is 0 Å². The van der Waals surface area contributed by atoms with Crippen molar-refractivity contribution in [1.82, 2.24) is 0 Å². The van der Waals surface area contributed by atoms with Gasteiger partial charge in [0.25, 0.3) is 0 Å². The highest BCUT2D eigenvalue weighted by Crippen LogP contribution is 2.27. The maximum atomic E-state index is 10.4. The number of hydrogen-bond donors (Lipinski definition) is 2. The molecule has 2 nitrogen and oxygen atoms in total. The van der Waals surface area contributed by atoms with E-state index in [1.165, 1.54) is 10.8 Å². The predicted octanol–water partition coefficient (Wildman–Crippen LogP) is 3.70. The molecule has 0 saturated carbocycles. The standard InChI is InChI=1S/C18H17NO/c19-17-11-4-3-10-16(17)18(20)12-14-8-5-7-13-6-1-2-9-15(13)14/h1-11,18,20H,12,19H2. The summed E-state index contributed by atoms with van der Waals surface area (Å²) in [4.78, 5) is 0. The first-order valence-electron chi connectivity index (χ1n) is 6.75. The normalized spacial score (nSPS) is 12.4. The number of nitrogen functional groups attached to an aromatic ring is 1. The highest BCUT2D eigenvalue weighted by molar-refractivity contribution is 5.85. The first-order valence-corrected chi connectivity index (χ1v) is 6.75. The van der Waals surface area contributed by atoms with Crippen LogP contribution in [0.25, 0.3) is 10.8 Å². The number of anilines is 1. The van der Waals surface area contributed by atoms with E-state index in [9.17, 15) is 5.11 Å². The zero-order chi connectivity index (χ0) is 13.9. The SMILES string of the molecule is Nc1ccccc1C(O)Cc1cccc2ccccc12. The third-order valence-corrected chi connectivity index (χ3v) is 3.65. The van der Waals surface area contributed by atoms with Crippen LogP contribution in [0.4, 0.5) is 5.69 Å². The average molecular weight is 263 g/mol. The van der Waals surface area contributed by atoms with Gasteiger partial charge >= 0.3 is 0 Å². The second kappa shape index (κ2) is 5.35.